The van der Waals surface area contributed by atoms with Crippen molar-refractivity contribution >= 4 is 56.2 Å². The fourth-order valence-electron chi connectivity index (χ4n) is 1.58. The maximum atomic E-state index is 5.99. The molecule has 0 amide bonds. The van der Waals surface area contributed by atoms with Crippen LogP contribution < -0.4 is 5.73 Å². The molecule has 0 atom stereocenters. The van der Waals surface area contributed by atoms with E-state index in [-0.39, 0.29) is 0 Å². The number of aromatic nitrogens is 2. The monoisotopic (exact) mass is 389 g/mol. The summed E-state index contributed by atoms with van der Waals surface area (Å²) in [7, 11) is 0. The largest absolute Gasteiger partial charge is 0.396 e. The summed E-state index contributed by atoms with van der Waals surface area (Å²) in [6, 6.07) is 5.21. The van der Waals surface area contributed by atoms with Crippen LogP contribution in [0.3, 0.4) is 0 Å². The molecular weight excluding hydrogens is 385 g/mol. The lowest BCUT2D eigenvalue weighted by atomic mass is 10.2. The lowest BCUT2D eigenvalue weighted by Crippen LogP contribution is -1.89. The molecule has 0 unspecified atom stereocenters. The molecule has 0 bridgehead atoms. The predicted molar refractivity (Wildman–Crippen MR) is 85.2 cm³/mol. The van der Waals surface area contributed by atoms with Gasteiger partial charge in [0.05, 0.1) is 20.6 Å². The molecule has 0 radical (unpaired) electrons. The van der Waals surface area contributed by atoms with Gasteiger partial charge in [-0.2, -0.15) is 4.98 Å². The van der Waals surface area contributed by atoms with Crippen LogP contribution in [0.1, 0.15) is 0 Å². The van der Waals surface area contributed by atoms with E-state index in [1.807, 2.05) is 11.4 Å². The standard InChI is InChI=1S/C12H6BrCl2N3OS/c13-6-3-9(20-4-6)11-17-12(19-18-11)5-1-7(14)10(16)8(15)2-5/h1-4H,16H2. The van der Waals surface area contributed by atoms with E-state index in [2.05, 4.69) is 26.1 Å². The highest BCUT2D eigenvalue weighted by atomic mass is 79.9. The highest BCUT2D eigenvalue weighted by Crippen LogP contribution is 2.34. The van der Waals surface area contributed by atoms with Crippen molar-refractivity contribution in [2.24, 2.45) is 0 Å². The van der Waals surface area contributed by atoms with Crippen molar-refractivity contribution in [2.75, 3.05) is 5.73 Å². The van der Waals surface area contributed by atoms with Gasteiger partial charge in [0.1, 0.15) is 0 Å². The number of benzene rings is 1. The fraction of sp³-hybridized carbons (Fsp3) is 0. The van der Waals surface area contributed by atoms with Gasteiger partial charge in [0.2, 0.25) is 5.82 Å². The average Bonchev–Trinajstić information content (AvgIpc) is 3.03. The van der Waals surface area contributed by atoms with E-state index in [4.69, 9.17) is 33.5 Å². The molecule has 8 heteroatoms. The number of anilines is 1. The number of hydrogen-bond donors (Lipinski definition) is 1. The van der Waals surface area contributed by atoms with Crippen molar-refractivity contribution in [3.63, 3.8) is 0 Å². The van der Waals surface area contributed by atoms with Gasteiger partial charge in [-0.05, 0) is 34.1 Å². The minimum atomic E-state index is 0.332. The SMILES string of the molecule is Nc1c(Cl)cc(-c2nc(-c3cc(Br)cs3)no2)cc1Cl. The van der Waals surface area contributed by atoms with Crippen molar-refractivity contribution in [1.82, 2.24) is 10.1 Å². The number of rotatable bonds is 2. The smallest absolute Gasteiger partial charge is 0.258 e. The van der Waals surface area contributed by atoms with Crippen molar-refractivity contribution in [3.05, 3.63) is 38.1 Å². The van der Waals surface area contributed by atoms with Gasteiger partial charge in [-0.25, -0.2) is 0 Å². The first-order valence-corrected chi connectivity index (χ1v) is 7.80. The van der Waals surface area contributed by atoms with Crippen LogP contribution in [-0.4, -0.2) is 10.1 Å². The number of nitrogens with zero attached hydrogens (tertiary/aromatic N) is 2. The zero-order valence-corrected chi connectivity index (χ0v) is 13.6. The van der Waals surface area contributed by atoms with Gasteiger partial charge in [-0.3, -0.25) is 0 Å². The Bertz CT molecular complexity index is 764. The maximum Gasteiger partial charge on any atom is 0.258 e. The molecule has 2 N–H and O–H groups in total. The minimum Gasteiger partial charge on any atom is -0.396 e. The van der Waals surface area contributed by atoms with Crippen molar-refractivity contribution in [1.29, 1.82) is 0 Å². The van der Waals surface area contributed by atoms with Crippen LogP contribution >= 0.6 is 50.5 Å². The van der Waals surface area contributed by atoms with Gasteiger partial charge in [-0.1, -0.05) is 28.4 Å². The zero-order valence-electron chi connectivity index (χ0n) is 9.73. The van der Waals surface area contributed by atoms with Gasteiger partial charge >= 0.3 is 0 Å². The molecule has 20 heavy (non-hydrogen) atoms. The Morgan fingerprint density at radius 1 is 1.20 bits per heavy atom. The maximum absolute atomic E-state index is 5.99. The first-order valence-electron chi connectivity index (χ1n) is 5.37. The quantitative estimate of drug-likeness (QED) is 0.617. The van der Waals surface area contributed by atoms with E-state index < -0.39 is 0 Å². The molecule has 3 aromatic rings. The summed E-state index contributed by atoms with van der Waals surface area (Å²) in [4.78, 5) is 5.23. The molecule has 1 aromatic carbocycles. The number of nitrogens with two attached hydrogens (primary N) is 1. The average molecular weight is 391 g/mol. The van der Waals surface area contributed by atoms with Crippen molar-refractivity contribution in [3.8, 4) is 22.2 Å². The normalized spacial score (nSPS) is 10.9. The molecule has 0 aliphatic carbocycles. The van der Waals surface area contributed by atoms with Crippen LogP contribution in [0.5, 0.6) is 0 Å². The fourth-order valence-corrected chi connectivity index (χ4v) is 3.42. The molecule has 0 fully saturated rings. The second kappa shape index (κ2) is 5.37. The highest BCUT2D eigenvalue weighted by molar-refractivity contribution is 9.10. The van der Waals surface area contributed by atoms with Gasteiger partial charge in [0.15, 0.2) is 0 Å². The van der Waals surface area contributed by atoms with E-state index in [1.165, 1.54) is 11.3 Å². The predicted octanol–water partition coefficient (Wildman–Crippen LogP) is 5.12. The van der Waals surface area contributed by atoms with Crippen molar-refractivity contribution < 1.29 is 4.52 Å². The van der Waals surface area contributed by atoms with Crippen LogP contribution in [0, 0.1) is 0 Å². The second-order valence-electron chi connectivity index (χ2n) is 3.91. The van der Waals surface area contributed by atoms with Crippen LogP contribution in [0.25, 0.3) is 22.2 Å². The van der Waals surface area contributed by atoms with Gasteiger partial charge < -0.3 is 10.3 Å². The number of halogens is 3. The van der Waals surface area contributed by atoms with Crippen LogP contribution in [0.15, 0.2) is 32.6 Å². The molecule has 3 rings (SSSR count). The number of hydrogen-bond acceptors (Lipinski definition) is 5. The minimum absolute atomic E-state index is 0.332. The third-order valence-corrected chi connectivity index (χ3v) is 4.85. The number of nitrogen functional groups attached to an aromatic ring is 1. The Hall–Kier alpha value is -1.08. The lowest BCUT2D eigenvalue weighted by molar-refractivity contribution is 0.432. The molecule has 0 saturated heterocycles. The Morgan fingerprint density at radius 3 is 2.50 bits per heavy atom. The zero-order chi connectivity index (χ0) is 14.3. The Balaban J connectivity index is 2.02. The molecule has 4 nitrogen and oxygen atoms in total. The summed E-state index contributed by atoms with van der Waals surface area (Å²) < 4.78 is 6.21. The summed E-state index contributed by atoms with van der Waals surface area (Å²) >= 11 is 16.9. The third kappa shape index (κ3) is 2.56. The summed E-state index contributed by atoms with van der Waals surface area (Å²) in [5.41, 5.74) is 6.65. The van der Waals surface area contributed by atoms with Crippen molar-refractivity contribution in [2.45, 2.75) is 0 Å². The summed E-state index contributed by atoms with van der Waals surface area (Å²) in [6.45, 7) is 0. The molecule has 102 valence electrons. The van der Waals surface area contributed by atoms with E-state index in [1.54, 1.807) is 12.1 Å². The van der Waals surface area contributed by atoms with E-state index in [0.29, 0.717) is 33.0 Å². The lowest BCUT2D eigenvalue weighted by Gasteiger charge is -2.02. The Kier molecular flexibility index (Phi) is 3.72. The number of thiophene rings is 1. The molecule has 2 heterocycles. The van der Waals surface area contributed by atoms with Crippen LogP contribution in [-0.2, 0) is 0 Å². The Morgan fingerprint density at radius 2 is 1.90 bits per heavy atom. The summed E-state index contributed by atoms with van der Waals surface area (Å²) in [5, 5.41) is 6.60. The van der Waals surface area contributed by atoms with Gasteiger partial charge in [0.25, 0.3) is 5.89 Å². The van der Waals surface area contributed by atoms with Crippen LogP contribution in [0.2, 0.25) is 10.0 Å². The summed E-state index contributed by atoms with van der Waals surface area (Å²) in [6.07, 6.45) is 0. The summed E-state index contributed by atoms with van der Waals surface area (Å²) in [5.74, 6) is 0.855. The first-order chi connectivity index (χ1) is 9.54. The Labute approximate surface area is 136 Å². The van der Waals surface area contributed by atoms with Crippen LogP contribution in [0.4, 0.5) is 5.69 Å². The molecule has 0 spiro atoms. The van der Waals surface area contributed by atoms with E-state index >= 15 is 0 Å². The second-order valence-corrected chi connectivity index (χ2v) is 6.55. The first kappa shape index (κ1) is 13.9. The third-order valence-electron chi connectivity index (χ3n) is 2.54. The molecule has 0 saturated carbocycles. The molecular formula is C12H6BrCl2N3OS. The molecule has 2 aromatic heterocycles. The topological polar surface area (TPSA) is 64.9 Å². The highest BCUT2D eigenvalue weighted by Gasteiger charge is 2.14. The van der Waals surface area contributed by atoms with E-state index in [9.17, 15) is 0 Å². The molecule has 0 aliphatic heterocycles. The van der Waals surface area contributed by atoms with Gasteiger partial charge in [0, 0.05) is 15.4 Å². The van der Waals surface area contributed by atoms with E-state index in [0.717, 1.165) is 9.35 Å². The molecule has 0 aliphatic rings. The van der Waals surface area contributed by atoms with Gasteiger partial charge in [-0.15, -0.1) is 11.3 Å².